The van der Waals surface area contributed by atoms with E-state index >= 15 is 0 Å². The molecule has 0 saturated carbocycles. The summed E-state index contributed by atoms with van der Waals surface area (Å²) in [6.45, 7) is 1.40. The zero-order chi connectivity index (χ0) is 17.0. The first-order chi connectivity index (χ1) is 10.8. The fourth-order valence-corrected chi connectivity index (χ4v) is 3.16. The molecule has 2 aromatic carbocycles. The maximum absolute atomic E-state index is 12.9. The number of hydrogen-bond donors (Lipinski definition) is 2. The fraction of sp³-hybridized carbons (Fsp3) is 0.133. The summed E-state index contributed by atoms with van der Waals surface area (Å²) < 4.78 is 39.4. The van der Waals surface area contributed by atoms with E-state index in [2.05, 4.69) is 10.0 Å². The van der Waals surface area contributed by atoms with E-state index in [1.807, 2.05) is 0 Å². The normalized spacial score (nSPS) is 12.7. The number of hydrogen-bond acceptors (Lipinski definition) is 3. The number of anilines is 1. The summed E-state index contributed by atoms with van der Waals surface area (Å²) in [7, 11) is -3.93. The zero-order valence-electron chi connectivity index (χ0n) is 12.1. The monoisotopic (exact) mass is 356 g/mol. The first-order valence-electron chi connectivity index (χ1n) is 6.63. The molecule has 0 unspecified atom stereocenters. The van der Waals surface area contributed by atoms with Gasteiger partial charge in [-0.3, -0.25) is 4.79 Å². The Morgan fingerprint density at radius 2 is 1.74 bits per heavy atom. The van der Waals surface area contributed by atoms with Crippen LogP contribution >= 0.6 is 11.6 Å². The van der Waals surface area contributed by atoms with Gasteiger partial charge in [0.15, 0.2) is 0 Å². The molecule has 23 heavy (non-hydrogen) atoms. The Bertz CT molecular complexity index is 810. The van der Waals surface area contributed by atoms with Crippen molar-refractivity contribution in [1.29, 1.82) is 0 Å². The van der Waals surface area contributed by atoms with Gasteiger partial charge in [0.05, 0.1) is 21.6 Å². The maximum atomic E-state index is 12.9. The van der Waals surface area contributed by atoms with E-state index in [-0.39, 0.29) is 4.90 Å². The van der Waals surface area contributed by atoms with Gasteiger partial charge in [-0.25, -0.2) is 12.8 Å². The second-order valence-corrected chi connectivity index (χ2v) is 6.89. The van der Waals surface area contributed by atoms with E-state index in [9.17, 15) is 17.6 Å². The third-order valence-corrected chi connectivity index (χ3v) is 4.87. The largest absolute Gasteiger partial charge is 0.323 e. The van der Waals surface area contributed by atoms with Gasteiger partial charge >= 0.3 is 0 Å². The lowest BCUT2D eigenvalue weighted by Gasteiger charge is -2.15. The quantitative estimate of drug-likeness (QED) is 0.865. The van der Waals surface area contributed by atoms with Crippen LogP contribution < -0.4 is 10.0 Å². The van der Waals surface area contributed by atoms with Crippen LogP contribution in [0.1, 0.15) is 6.92 Å². The Morgan fingerprint density at radius 1 is 1.13 bits per heavy atom. The van der Waals surface area contributed by atoms with Gasteiger partial charge < -0.3 is 5.32 Å². The molecule has 0 radical (unpaired) electrons. The minimum atomic E-state index is -3.93. The van der Waals surface area contributed by atoms with Crippen LogP contribution in [0.15, 0.2) is 53.4 Å². The van der Waals surface area contributed by atoms with Gasteiger partial charge in [0, 0.05) is 0 Å². The van der Waals surface area contributed by atoms with E-state index in [0.29, 0.717) is 10.7 Å². The van der Waals surface area contributed by atoms with Crippen molar-refractivity contribution in [1.82, 2.24) is 4.72 Å². The topological polar surface area (TPSA) is 75.3 Å². The molecule has 8 heteroatoms. The molecule has 0 bridgehead atoms. The lowest BCUT2D eigenvalue weighted by atomic mass is 10.3. The molecule has 2 N–H and O–H groups in total. The third kappa shape index (κ3) is 4.51. The molecule has 2 aromatic rings. The molecule has 0 spiro atoms. The first kappa shape index (κ1) is 17.4. The summed E-state index contributed by atoms with van der Waals surface area (Å²) in [5.74, 6) is -1.11. The number of para-hydroxylation sites is 1. The SMILES string of the molecule is C[C@@H](NS(=O)(=O)c1ccc(F)cc1)C(=O)Nc1ccccc1Cl. The van der Waals surface area contributed by atoms with Crippen molar-refractivity contribution in [3.63, 3.8) is 0 Å². The second kappa shape index (κ2) is 7.08. The Labute approximate surface area is 138 Å². The van der Waals surface area contributed by atoms with Crippen molar-refractivity contribution in [2.24, 2.45) is 0 Å². The average molecular weight is 357 g/mol. The summed E-state index contributed by atoms with van der Waals surface area (Å²) in [4.78, 5) is 11.9. The zero-order valence-corrected chi connectivity index (χ0v) is 13.7. The van der Waals surface area contributed by atoms with Crippen LogP contribution in [-0.4, -0.2) is 20.4 Å². The average Bonchev–Trinajstić information content (AvgIpc) is 2.49. The Morgan fingerprint density at radius 3 is 2.35 bits per heavy atom. The molecule has 1 atom stereocenters. The number of carbonyl (C=O) groups is 1. The summed E-state index contributed by atoms with van der Waals surface area (Å²) in [5.41, 5.74) is 0.381. The molecule has 122 valence electrons. The van der Waals surface area contributed by atoms with Crippen LogP contribution in [0.2, 0.25) is 5.02 Å². The first-order valence-corrected chi connectivity index (χ1v) is 8.49. The molecule has 0 saturated heterocycles. The van der Waals surface area contributed by atoms with Crippen molar-refractivity contribution in [3.05, 3.63) is 59.4 Å². The predicted octanol–water partition coefficient (Wildman–Crippen LogP) is 2.78. The molecular formula is C15H14ClFN2O3S. The molecule has 0 aromatic heterocycles. The van der Waals surface area contributed by atoms with Crippen LogP contribution in [0.4, 0.5) is 10.1 Å². The molecule has 0 aliphatic heterocycles. The van der Waals surface area contributed by atoms with E-state index in [1.54, 1.807) is 24.3 Å². The number of halogens is 2. The van der Waals surface area contributed by atoms with Crippen molar-refractivity contribution in [3.8, 4) is 0 Å². The van der Waals surface area contributed by atoms with E-state index in [0.717, 1.165) is 24.3 Å². The lowest BCUT2D eigenvalue weighted by Crippen LogP contribution is -2.41. The molecule has 2 rings (SSSR count). The molecule has 0 heterocycles. The van der Waals surface area contributed by atoms with Gasteiger partial charge in [0.25, 0.3) is 0 Å². The van der Waals surface area contributed by atoms with Crippen LogP contribution in [0.3, 0.4) is 0 Å². The molecule has 0 fully saturated rings. The fourth-order valence-electron chi connectivity index (χ4n) is 1.77. The summed E-state index contributed by atoms with van der Waals surface area (Å²) in [6.07, 6.45) is 0. The van der Waals surface area contributed by atoms with Crippen molar-refractivity contribution < 1.29 is 17.6 Å². The van der Waals surface area contributed by atoms with Crippen LogP contribution in [0, 0.1) is 5.82 Å². The number of amides is 1. The third-order valence-electron chi connectivity index (χ3n) is 2.98. The van der Waals surface area contributed by atoms with Gasteiger partial charge in [-0.05, 0) is 43.3 Å². The smallest absolute Gasteiger partial charge is 0.242 e. The predicted molar refractivity (Wildman–Crippen MR) is 86.3 cm³/mol. The van der Waals surface area contributed by atoms with E-state index in [1.165, 1.54) is 6.92 Å². The van der Waals surface area contributed by atoms with Crippen molar-refractivity contribution in [2.75, 3.05) is 5.32 Å². The second-order valence-electron chi connectivity index (χ2n) is 4.77. The highest BCUT2D eigenvalue weighted by atomic mass is 35.5. The molecule has 5 nitrogen and oxygen atoms in total. The lowest BCUT2D eigenvalue weighted by molar-refractivity contribution is -0.117. The van der Waals surface area contributed by atoms with Crippen LogP contribution in [0.5, 0.6) is 0 Å². The molecule has 0 aliphatic rings. The number of rotatable bonds is 5. The number of benzene rings is 2. The highest BCUT2D eigenvalue weighted by Crippen LogP contribution is 2.20. The standard InChI is InChI=1S/C15H14ClFN2O3S/c1-10(15(20)18-14-5-3-2-4-13(14)16)19-23(21,22)12-8-6-11(17)7-9-12/h2-10,19H,1H3,(H,18,20)/t10-/m1/s1. The highest BCUT2D eigenvalue weighted by Gasteiger charge is 2.22. The van der Waals surface area contributed by atoms with Gasteiger partial charge in [0.1, 0.15) is 5.82 Å². The van der Waals surface area contributed by atoms with Gasteiger partial charge in [-0.15, -0.1) is 0 Å². The minimum Gasteiger partial charge on any atom is -0.323 e. The maximum Gasteiger partial charge on any atom is 0.242 e. The van der Waals surface area contributed by atoms with E-state index < -0.39 is 27.8 Å². The van der Waals surface area contributed by atoms with E-state index in [4.69, 9.17) is 11.6 Å². The van der Waals surface area contributed by atoms with Gasteiger partial charge in [0.2, 0.25) is 15.9 Å². The Kier molecular flexibility index (Phi) is 5.35. The Hall–Kier alpha value is -1.96. The number of carbonyl (C=O) groups excluding carboxylic acids is 1. The van der Waals surface area contributed by atoms with Crippen molar-refractivity contribution in [2.45, 2.75) is 17.9 Å². The molecule has 0 aliphatic carbocycles. The number of nitrogens with one attached hydrogen (secondary N) is 2. The summed E-state index contributed by atoms with van der Waals surface area (Å²) in [5, 5.41) is 2.88. The molecule has 1 amide bonds. The molecular weight excluding hydrogens is 343 g/mol. The van der Waals surface area contributed by atoms with Crippen LogP contribution in [-0.2, 0) is 14.8 Å². The minimum absolute atomic E-state index is 0.128. The van der Waals surface area contributed by atoms with Crippen molar-refractivity contribution >= 4 is 33.2 Å². The van der Waals surface area contributed by atoms with Gasteiger partial charge in [-0.1, -0.05) is 23.7 Å². The highest BCUT2D eigenvalue weighted by molar-refractivity contribution is 7.89. The van der Waals surface area contributed by atoms with Crippen LogP contribution in [0.25, 0.3) is 0 Å². The summed E-state index contributed by atoms with van der Waals surface area (Å²) >= 11 is 5.93. The number of sulfonamides is 1. The summed E-state index contributed by atoms with van der Waals surface area (Å²) in [6, 6.07) is 9.86. The van der Waals surface area contributed by atoms with Gasteiger partial charge in [-0.2, -0.15) is 4.72 Å². The Balaban J connectivity index is 2.08.